The number of anilines is 1. The zero-order valence-electron chi connectivity index (χ0n) is 20.2. The summed E-state index contributed by atoms with van der Waals surface area (Å²) in [5.74, 6) is -1.01. The van der Waals surface area contributed by atoms with Crippen LogP contribution in [0.5, 0.6) is 11.5 Å². The molecule has 198 valence electrons. The summed E-state index contributed by atoms with van der Waals surface area (Å²) in [6, 6.07) is 12.5. The maximum Gasteiger partial charge on any atom is 0.573 e. The first-order chi connectivity index (χ1) is 18.2. The highest BCUT2D eigenvalue weighted by atomic mass is 32.2. The molecule has 38 heavy (non-hydrogen) atoms. The Labute approximate surface area is 220 Å². The highest BCUT2D eigenvalue weighted by Crippen LogP contribution is 2.36. The smallest absolute Gasteiger partial charge is 0.493 e. The minimum absolute atomic E-state index is 0.0298. The van der Waals surface area contributed by atoms with Gasteiger partial charge in [-0.3, -0.25) is 9.59 Å². The average Bonchev–Trinajstić information content (AvgIpc) is 2.90. The van der Waals surface area contributed by atoms with E-state index in [-0.39, 0.29) is 28.6 Å². The van der Waals surface area contributed by atoms with E-state index in [1.54, 1.807) is 36.4 Å². The van der Waals surface area contributed by atoms with Crippen LogP contribution < -0.4 is 14.8 Å². The largest absolute Gasteiger partial charge is 0.573 e. The van der Waals surface area contributed by atoms with Crippen molar-refractivity contribution in [2.45, 2.75) is 31.5 Å². The lowest BCUT2D eigenvalue weighted by molar-refractivity contribution is -0.275. The lowest BCUT2D eigenvalue weighted by Crippen LogP contribution is -2.34. The number of carbonyl (C=O) groups excluding carboxylic acids is 2. The summed E-state index contributed by atoms with van der Waals surface area (Å²) in [5, 5.41) is 7.80. The maximum atomic E-state index is 12.9. The third-order valence-corrected chi connectivity index (χ3v) is 6.61. The number of alkyl halides is 3. The van der Waals surface area contributed by atoms with Crippen LogP contribution in [0.1, 0.15) is 35.1 Å². The van der Waals surface area contributed by atoms with Gasteiger partial charge in [0.05, 0.1) is 24.6 Å². The summed E-state index contributed by atoms with van der Waals surface area (Å²) in [6.07, 6.45) is -1.44. The van der Waals surface area contributed by atoms with Crippen LogP contribution in [-0.4, -0.2) is 50.6 Å². The van der Waals surface area contributed by atoms with Gasteiger partial charge in [-0.15, -0.1) is 13.2 Å². The minimum Gasteiger partial charge on any atom is -0.493 e. The normalized spacial score (nSPS) is 15.6. The molecule has 0 aliphatic carbocycles. The number of halogens is 3. The van der Waals surface area contributed by atoms with Crippen molar-refractivity contribution in [1.82, 2.24) is 15.0 Å². The summed E-state index contributed by atoms with van der Waals surface area (Å²) in [7, 11) is 1.24. The lowest BCUT2D eigenvalue weighted by atomic mass is 10.0. The summed E-state index contributed by atoms with van der Waals surface area (Å²) < 4.78 is 47.9. The van der Waals surface area contributed by atoms with Crippen LogP contribution in [0, 0.1) is 0 Å². The number of nitrogens with one attached hydrogen (secondary N) is 1. The molecule has 1 unspecified atom stereocenters. The second-order valence-electron chi connectivity index (χ2n) is 7.96. The molecule has 13 heteroatoms. The van der Waals surface area contributed by atoms with E-state index in [4.69, 9.17) is 4.74 Å². The van der Waals surface area contributed by atoms with Crippen LogP contribution in [0.3, 0.4) is 0 Å². The molecule has 3 aromatic rings. The standard InChI is InChI=1S/C25H22F3N5O4S/c1-3-20-21(16-7-10-18(36-2)19(13-16)37-25(26,27)28)32-33(24(35)38-20)14-15-5-8-17(9-6-15)31-23(34)22-29-11-4-12-30-22/h4-13,20H,3,14H2,1-2H3,(H,31,34). The SMILES string of the molecule is CCC1SC(=O)N(Cc2ccc(NC(=O)c3ncccn3)cc2)N=C1c1ccc(OC)c(OC(F)(F)F)c1. The van der Waals surface area contributed by atoms with E-state index in [0.717, 1.165) is 17.3 Å². The summed E-state index contributed by atoms with van der Waals surface area (Å²) >= 11 is 1.05. The number of ether oxygens (including phenoxy) is 2. The van der Waals surface area contributed by atoms with Crippen LogP contribution in [-0.2, 0) is 6.54 Å². The summed E-state index contributed by atoms with van der Waals surface area (Å²) in [5.41, 5.74) is 2.06. The first-order valence-corrected chi connectivity index (χ1v) is 12.2. The van der Waals surface area contributed by atoms with Crippen molar-refractivity contribution in [3.63, 3.8) is 0 Å². The zero-order valence-corrected chi connectivity index (χ0v) is 21.0. The number of hydrazone groups is 1. The zero-order chi connectivity index (χ0) is 27.3. The van der Waals surface area contributed by atoms with Gasteiger partial charge in [-0.1, -0.05) is 30.8 Å². The number of rotatable bonds is 8. The molecule has 0 saturated carbocycles. The van der Waals surface area contributed by atoms with E-state index in [9.17, 15) is 22.8 Å². The van der Waals surface area contributed by atoms with Gasteiger partial charge in [-0.25, -0.2) is 15.0 Å². The van der Waals surface area contributed by atoms with E-state index in [0.29, 0.717) is 23.4 Å². The van der Waals surface area contributed by atoms with E-state index in [1.165, 1.54) is 36.6 Å². The van der Waals surface area contributed by atoms with Crippen molar-refractivity contribution >= 4 is 34.3 Å². The predicted octanol–water partition coefficient (Wildman–Crippen LogP) is 5.49. The average molecular weight is 546 g/mol. The Bertz CT molecular complexity index is 1340. The molecule has 2 heterocycles. The summed E-state index contributed by atoms with van der Waals surface area (Å²) in [6.45, 7) is 1.98. The Morgan fingerprint density at radius 2 is 1.82 bits per heavy atom. The van der Waals surface area contributed by atoms with Crippen molar-refractivity contribution in [2.75, 3.05) is 12.4 Å². The number of methoxy groups -OCH3 is 1. The number of hydrogen-bond donors (Lipinski definition) is 1. The first kappa shape index (κ1) is 26.9. The van der Waals surface area contributed by atoms with Crippen molar-refractivity contribution in [3.8, 4) is 11.5 Å². The number of aromatic nitrogens is 2. The van der Waals surface area contributed by atoms with Gasteiger partial charge >= 0.3 is 11.6 Å². The molecule has 0 bridgehead atoms. The molecule has 2 amide bonds. The van der Waals surface area contributed by atoms with Gasteiger partial charge < -0.3 is 14.8 Å². The molecule has 1 N–H and O–H groups in total. The Balaban J connectivity index is 1.54. The van der Waals surface area contributed by atoms with E-state index >= 15 is 0 Å². The topological polar surface area (TPSA) is 106 Å². The van der Waals surface area contributed by atoms with Crippen LogP contribution in [0.25, 0.3) is 0 Å². The minimum atomic E-state index is -4.90. The van der Waals surface area contributed by atoms with Crippen molar-refractivity contribution in [1.29, 1.82) is 0 Å². The maximum absolute atomic E-state index is 12.9. The number of amides is 2. The predicted molar refractivity (Wildman–Crippen MR) is 135 cm³/mol. The third-order valence-electron chi connectivity index (χ3n) is 5.36. The first-order valence-electron chi connectivity index (χ1n) is 11.3. The van der Waals surface area contributed by atoms with E-state index in [1.807, 2.05) is 6.92 Å². The Kier molecular flexibility index (Phi) is 8.15. The third kappa shape index (κ3) is 6.59. The van der Waals surface area contributed by atoms with Gasteiger partial charge in [-0.2, -0.15) is 5.10 Å². The molecule has 1 aromatic heterocycles. The Morgan fingerprint density at radius 1 is 1.11 bits per heavy atom. The highest BCUT2D eigenvalue weighted by molar-refractivity contribution is 8.14. The van der Waals surface area contributed by atoms with Crippen molar-refractivity contribution < 1.29 is 32.2 Å². The number of hydrogen-bond acceptors (Lipinski definition) is 8. The van der Waals surface area contributed by atoms with Gasteiger partial charge in [0.15, 0.2) is 11.5 Å². The van der Waals surface area contributed by atoms with Gasteiger partial charge in [0, 0.05) is 23.6 Å². The number of benzene rings is 2. The molecule has 0 fully saturated rings. The van der Waals surface area contributed by atoms with Gasteiger partial charge in [0.2, 0.25) is 5.82 Å². The Hall–Kier alpha value is -4.13. The molecule has 0 spiro atoms. The van der Waals surface area contributed by atoms with E-state index in [2.05, 4.69) is 25.1 Å². The fraction of sp³-hybridized carbons (Fsp3) is 0.240. The number of carbonyl (C=O) groups is 2. The molecule has 9 nitrogen and oxygen atoms in total. The van der Waals surface area contributed by atoms with Crippen LogP contribution in [0.15, 0.2) is 66.0 Å². The lowest BCUT2D eigenvalue weighted by Gasteiger charge is -2.28. The molecular formula is C25H22F3N5O4S. The molecule has 1 aliphatic rings. The van der Waals surface area contributed by atoms with E-state index < -0.39 is 18.0 Å². The Morgan fingerprint density at radius 3 is 2.45 bits per heavy atom. The molecule has 4 rings (SSSR count). The van der Waals surface area contributed by atoms with Gasteiger partial charge in [0.25, 0.3) is 5.91 Å². The molecular weight excluding hydrogens is 523 g/mol. The highest BCUT2D eigenvalue weighted by Gasteiger charge is 2.34. The van der Waals surface area contributed by atoms with Gasteiger partial charge in [0.1, 0.15) is 0 Å². The second kappa shape index (κ2) is 11.5. The van der Waals surface area contributed by atoms with Crippen molar-refractivity contribution in [3.05, 3.63) is 77.9 Å². The fourth-order valence-corrected chi connectivity index (χ4v) is 4.54. The molecule has 0 saturated heterocycles. The number of thioether (sulfide) groups is 1. The van der Waals surface area contributed by atoms with Crippen LogP contribution in [0.2, 0.25) is 0 Å². The van der Waals surface area contributed by atoms with Crippen LogP contribution in [0.4, 0.5) is 23.7 Å². The van der Waals surface area contributed by atoms with Gasteiger partial charge in [-0.05, 0) is 48.4 Å². The quantitative estimate of drug-likeness (QED) is 0.399. The second-order valence-corrected chi connectivity index (χ2v) is 9.11. The molecule has 2 aromatic carbocycles. The molecule has 1 aliphatic heterocycles. The fourth-order valence-electron chi connectivity index (χ4n) is 3.60. The van der Waals surface area contributed by atoms with Crippen LogP contribution >= 0.6 is 11.8 Å². The summed E-state index contributed by atoms with van der Waals surface area (Å²) in [4.78, 5) is 32.8. The number of nitrogens with zero attached hydrogens (tertiary/aromatic N) is 4. The van der Waals surface area contributed by atoms with Crippen molar-refractivity contribution in [2.24, 2.45) is 5.10 Å². The monoisotopic (exact) mass is 545 g/mol. The molecule has 1 atom stereocenters. The molecule has 0 radical (unpaired) electrons.